The van der Waals surface area contributed by atoms with E-state index in [9.17, 15) is 0 Å². The number of hydrogen-bond donors (Lipinski definition) is 0. The van der Waals surface area contributed by atoms with Crippen LogP contribution in [0.1, 0.15) is 85.5 Å². The van der Waals surface area contributed by atoms with Gasteiger partial charge in [-0.15, -0.1) is 0 Å². The van der Waals surface area contributed by atoms with Crippen molar-refractivity contribution in [2.75, 3.05) is 81.5 Å². The molecule has 0 radical (unpaired) electrons. The Kier molecular flexibility index (Phi) is 20.0. The molecule has 0 aromatic heterocycles. The van der Waals surface area contributed by atoms with Crippen LogP contribution in [0.4, 0.5) is 0 Å². The Bertz CT molecular complexity index is 408. The first-order valence-electron chi connectivity index (χ1n) is 13.6. The lowest BCUT2D eigenvalue weighted by atomic mass is 10.3. The third kappa shape index (κ3) is 11.7. The van der Waals surface area contributed by atoms with E-state index in [1.54, 1.807) is 28.8 Å². The summed E-state index contributed by atoms with van der Waals surface area (Å²) in [5.41, 5.74) is 0. The number of unbranched alkanes of at least 4 members (excludes halogenated alkanes) is 4. The number of hydrogen-bond acceptors (Lipinski definition) is 4. The van der Waals surface area contributed by atoms with E-state index >= 15 is 0 Å². The molecule has 0 rings (SSSR count). The molecule has 0 aliphatic heterocycles. The van der Waals surface area contributed by atoms with E-state index in [4.69, 9.17) is 0 Å². The summed E-state index contributed by atoms with van der Waals surface area (Å²) in [6, 6.07) is 0. The van der Waals surface area contributed by atoms with Crippen LogP contribution in [0.2, 0.25) is 0 Å². The lowest BCUT2D eigenvalue weighted by molar-refractivity contribution is 0.758. The maximum Gasteiger partial charge on any atom is -0.00608 e. The maximum atomic E-state index is 2.65. The molecule has 0 fully saturated rings. The van der Waals surface area contributed by atoms with Crippen molar-refractivity contribution in [3.05, 3.63) is 0 Å². The Morgan fingerprint density at radius 3 is 1.38 bits per heavy atom. The minimum atomic E-state index is -2.10. The van der Waals surface area contributed by atoms with Gasteiger partial charge in [0, 0.05) is 0 Å². The van der Waals surface area contributed by atoms with Crippen LogP contribution >= 0.6 is 55.3 Å². The Labute approximate surface area is 221 Å². The van der Waals surface area contributed by atoms with Gasteiger partial charge in [-0.25, -0.2) is 0 Å². The Morgan fingerprint density at radius 2 is 0.906 bits per heavy atom. The average Bonchev–Trinajstić information content (AvgIpc) is 2.80. The normalized spacial score (nSPS) is 14.4. The Morgan fingerprint density at radius 1 is 0.469 bits per heavy atom. The molecular weight excluding hydrogens is 485 g/mol. The summed E-state index contributed by atoms with van der Waals surface area (Å²) in [6.07, 6.45) is 17.7. The zero-order valence-corrected chi connectivity index (χ0v) is 27.0. The van der Waals surface area contributed by atoms with Crippen LogP contribution in [0.25, 0.3) is 0 Å². The van der Waals surface area contributed by atoms with Gasteiger partial charge in [0.05, 0.1) is 0 Å². The monoisotopic (exact) mass is 544 g/mol. The Balaban J connectivity index is 5.92. The molecule has 32 heavy (non-hydrogen) atoms. The van der Waals surface area contributed by atoms with Crippen molar-refractivity contribution in [1.82, 2.24) is 0 Å². The van der Waals surface area contributed by atoms with Gasteiger partial charge in [0.2, 0.25) is 0 Å². The smallest absolute Gasteiger partial charge is 0.00608 e. The molecular formula is C27H60S5. The van der Waals surface area contributed by atoms with E-state index < -0.39 is 8.29 Å². The zero-order chi connectivity index (χ0) is 24.1. The van der Waals surface area contributed by atoms with Gasteiger partial charge in [-0.2, -0.15) is 47.0 Å². The molecule has 0 aliphatic rings. The van der Waals surface area contributed by atoms with Gasteiger partial charge >= 0.3 is 0 Å². The molecule has 0 N–H and O–H groups in total. The molecule has 0 saturated carbocycles. The lowest BCUT2D eigenvalue weighted by Gasteiger charge is -2.81. The molecule has 0 aromatic rings. The van der Waals surface area contributed by atoms with Crippen LogP contribution in [-0.2, 0) is 0 Å². The first kappa shape index (κ1) is 33.8. The molecule has 0 bridgehead atoms. The fourth-order valence-electron chi connectivity index (χ4n) is 6.13. The molecule has 0 aliphatic carbocycles. The number of rotatable bonds is 25. The summed E-state index contributed by atoms with van der Waals surface area (Å²) in [4.78, 5) is 0. The minimum Gasteiger partial charge on any atom is -0.274 e. The first-order valence-corrected chi connectivity index (χ1v) is 22.2. The quantitative estimate of drug-likeness (QED) is 0.105. The fourth-order valence-corrected chi connectivity index (χ4v) is 18.4. The van der Waals surface area contributed by atoms with Gasteiger partial charge in [-0.1, -0.05) is 34.1 Å². The third-order valence-electron chi connectivity index (χ3n) is 8.09. The predicted octanol–water partition coefficient (Wildman–Crippen LogP) is 9.65. The minimum absolute atomic E-state index is 1.28. The summed E-state index contributed by atoms with van der Waals surface area (Å²) in [5.74, 6) is 17.6. The first-order chi connectivity index (χ1) is 15.5. The van der Waals surface area contributed by atoms with Gasteiger partial charge in [0.1, 0.15) is 0 Å². The second-order valence-electron chi connectivity index (χ2n) is 10.1. The van der Waals surface area contributed by atoms with E-state index in [2.05, 4.69) is 75.5 Å². The van der Waals surface area contributed by atoms with Crippen molar-refractivity contribution in [3.63, 3.8) is 0 Å². The third-order valence-corrected chi connectivity index (χ3v) is 22.3. The van der Waals surface area contributed by atoms with Crippen LogP contribution < -0.4 is 0 Å². The van der Waals surface area contributed by atoms with Crippen molar-refractivity contribution in [2.24, 2.45) is 0 Å². The van der Waals surface area contributed by atoms with Crippen LogP contribution in [0, 0.1) is 0 Å². The molecule has 0 amide bonds. The zero-order valence-electron chi connectivity index (χ0n) is 22.9. The lowest BCUT2D eigenvalue weighted by Crippen LogP contribution is -2.53. The second-order valence-corrected chi connectivity index (χ2v) is 23.6. The summed E-state index contributed by atoms with van der Waals surface area (Å²) in [6.45, 7) is 9.82. The topological polar surface area (TPSA) is 0 Å². The van der Waals surface area contributed by atoms with Crippen molar-refractivity contribution in [3.8, 4) is 0 Å². The second kappa shape index (κ2) is 18.9. The van der Waals surface area contributed by atoms with Crippen LogP contribution in [0.3, 0.4) is 0 Å². The van der Waals surface area contributed by atoms with Crippen LogP contribution in [0.5, 0.6) is 0 Å². The van der Waals surface area contributed by atoms with Crippen molar-refractivity contribution in [1.29, 1.82) is 0 Å². The molecule has 0 spiro atoms. The van der Waals surface area contributed by atoms with E-state index in [1.807, 2.05) is 11.8 Å². The molecule has 0 nitrogen and oxygen atoms in total. The summed E-state index contributed by atoms with van der Waals surface area (Å²) in [7, 11) is -2.10. The maximum absolute atomic E-state index is 2.65. The standard InChI is InChI=1S/C27H60S5/c1-7-23-32(10-4,25-16-13-20-29-6,27-18-22-31-9-3,24-15-11-12-19-28-5)26-17-14-21-30-8-2/h7-27H2,1-6H3. The van der Waals surface area contributed by atoms with Crippen LogP contribution in [0.15, 0.2) is 0 Å². The van der Waals surface area contributed by atoms with E-state index in [0.29, 0.717) is 0 Å². The van der Waals surface area contributed by atoms with Gasteiger partial charge in [0.25, 0.3) is 0 Å². The molecule has 198 valence electrons. The molecule has 0 heterocycles. The average molecular weight is 545 g/mol. The highest BCUT2D eigenvalue weighted by Gasteiger charge is 2.56. The van der Waals surface area contributed by atoms with Gasteiger partial charge in [-0.05, 0) is 133 Å². The van der Waals surface area contributed by atoms with Crippen molar-refractivity contribution in [2.45, 2.75) is 85.5 Å². The largest absolute Gasteiger partial charge is 0.274 e. The molecule has 0 atom stereocenters. The van der Waals surface area contributed by atoms with Crippen molar-refractivity contribution >= 4 is 55.3 Å². The van der Waals surface area contributed by atoms with Gasteiger partial charge in [0.15, 0.2) is 0 Å². The fraction of sp³-hybridized carbons (Fsp3) is 1.00. The summed E-state index contributed by atoms with van der Waals surface area (Å²) < 4.78 is 0. The van der Waals surface area contributed by atoms with Crippen LogP contribution in [-0.4, -0.2) is 81.5 Å². The molecule has 0 unspecified atom stereocenters. The molecule has 0 aromatic carbocycles. The SMILES string of the molecule is CCCS(CC)(CCCCCSC)(CCCCSC)(CCCCSCC)CCCSCC. The van der Waals surface area contributed by atoms with Gasteiger partial charge in [-0.3, -0.25) is 8.29 Å². The summed E-state index contributed by atoms with van der Waals surface area (Å²) >= 11 is 8.43. The molecule has 0 saturated heterocycles. The number of thioether (sulfide) groups is 4. The summed E-state index contributed by atoms with van der Waals surface area (Å²) in [5, 5.41) is 0. The predicted molar refractivity (Wildman–Crippen MR) is 172 cm³/mol. The van der Waals surface area contributed by atoms with Crippen molar-refractivity contribution < 1.29 is 0 Å². The Hall–Kier alpha value is 1.75. The highest BCUT2D eigenvalue weighted by atomic mass is 32.4. The van der Waals surface area contributed by atoms with E-state index in [-0.39, 0.29) is 0 Å². The highest BCUT2D eigenvalue weighted by molar-refractivity contribution is 8.64. The van der Waals surface area contributed by atoms with Gasteiger partial charge < -0.3 is 0 Å². The van der Waals surface area contributed by atoms with E-state index in [1.165, 1.54) is 98.1 Å². The highest BCUT2D eigenvalue weighted by Crippen LogP contribution is 2.90. The molecule has 5 heteroatoms. The van der Waals surface area contributed by atoms with E-state index in [0.717, 1.165) is 0 Å².